The summed E-state index contributed by atoms with van der Waals surface area (Å²) in [7, 11) is 1.99. The number of fused-ring (bicyclic) bond motifs is 1. The Bertz CT molecular complexity index is 1010. The summed E-state index contributed by atoms with van der Waals surface area (Å²) in [6.07, 6.45) is 25.6. The molecule has 0 aliphatic carbocycles. The Balaban J connectivity index is 0.000000516. The molecule has 0 radical (unpaired) electrons. The monoisotopic (exact) mass is 461 g/mol. The molecule has 0 saturated heterocycles. The Morgan fingerprint density at radius 2 is 1.91 bits per heavy atom. The molecule has 3 nitrogen and oxygen atoms in total. The predicted molar refractivity (Wildman–Crippen MR) is 149 cm³/mol. The summed E-state index contributed by atoms with van der Waals surface area (Å²) in [4.78, 5) is 10.7. The van der Waals surface area contributed by atoms with E-state index in [2.05, 4.69) is 49.5 Å². The lowest BCUT2D eigenvalue weighted by atomic mass is 10.1. The second-order valence-corrected chi connectivity index (χ2v) is 8.10. The molecular formula is C31H43NO2. The van der Waals surface area contributed by atoms with E-state index in [1.165, 1.54) is 37.7 Å². The van der Waals surface area contributed by atoms with Gasteiger partial charge in [-0.15, -0.1) is 6.42 Å². The van der Waals surface area contributed by atoms with E-state index in [4.69, 9.17) is 11.5 Å². The first-order chi connectivity index (χ1) is 16.3. The van der Waals surface area contributed by atoms with Gasteiger partial charge in [-0.3, -0.25) is 4.79 Å². The third kappa shape index (κ3) is 13.3. The lowest BCUT2D eigenvalue weighted by molar-refractivity contribution is -0.136. The molecule has 0 aliphatic rings. The zero-order valence-corrected chi connectivity index (χ0v) is 22.0. The van der Waals surface area contributed by atoms with Gasteiger partial charge in [-0.2, -0.15) is 0 Å². The summed E-state index contributed by atoms with van der Waals surface area (Å²) in [5, 5.41) is 9.84. The maximum Gasteiger partial charge on any atom is 0.307 e. The summed E-state index contributed by atoms with van der Waals surface area (Å²) >= 11 is 0. The molecule has 2 rings (SSSR count). The number of hydrogen-bond acceptors (Lipinski definition) is 1. The molecule has 0 amide bonds. The third-order valence-electron chi connectivity index (χ3n) is 5.32. The Morgan fingerprint density at radius 3 is 2.50 bits per heavy atom. The van der Waals surface area contributed by atoms with Crippen LogP contribution in [0.5, 0.6) is 0 Å². The molecule has 34 heavy (non-hydrogen) atoms. The Hall–Kier alpha value is -3.25. The van der Waals surface area contributed by atoms with Gasteiger partial charge >= 0.3 is 5.97 Å². The maximum absolute atomic E-state index is 10.7. The number of hydrogen-bond donors (Lipinski definition) is 1. The van der Waals surface area contributed by atoms with Gasteiger partial charge in [-0.05, 0) is 64.3 Å². The van der Waals surface area contributed by atoms with Crippen LogP contribution in [0.3, 0.4) is 0 Å². The van der Waals surface area contributed by atoms with Crippen molar-refractivity contribution in [1.82, 2.24) is 4.57 Å². The van der Waals surface area contributed by atoms with Crippen molar-refractivity contribution in [2.45, 2.75) is 73.1 Å². The first-order valence-corrected chi connectivity index (χ1v) is 12.1. The first-order valence-electron chi connectivity index (χ1n) is 12.1. The van der Waals surface area contributed by atoms with Crippen LogP contribution < -0.4 is 0 Å². The van der Waals surface area contributed by atoms with E-state index < -0.39 is 5.97 Å². The third-order valence-corrected chi connectivity index (χ3v) is 5.32. The number of aromatic nitrogens is 1. The second kappa shape index (κ2) is 19.2. The Labute approximate surface area is 207 Å². The molecule has 1 aromatic carbocycles. The summed E-state index contributed by atoms with van der Waals surface area (Å²) in [6, 6.07) is 7.82. The number of allylic oxidation sites excluding steroid dienone is 8. The molecule has 1 heterocycles. The molecule has 0 aliphatic heterocycles. The number of terminal acetylenes is 1. The Morgan fingerprint density at radius 1 is 1.18 bits per heavy atom. The standard InChI is InChI=1S/C12H13NO2.C12H22.C7H8/c1-8-6-10-9(7-12(14)15)4-3-5-11(10)13(8)2;1-4-6-7-8-9-10-11-12(3)5-2;1-3-5-7-6-4-2/h3-6H,7H2,1-2H3,(H,14,15);5,10-11H,4,6-9H2,1-3H3;1,4-7H,2H3/b;11-10-,12-5-;6-4-,7-5-. The fourth-order valence-corrected chi connectivity index (χ4v) is 3.15. The largest absolute Gasteiger partial charge is 0.481 e. The number of benzene rings is 1. The highest BCUT2D eigenvalue weighted by Gasteiger charge is 2.08. The molecule has 0 atom stereocenters. The fourth-order valence-electron chi connectivity index (χ4n) is 3.15. The van der Waals surface area contributed by atoms with Gasteiger partial charge in [-0.1, -0.05) is 86.3 Å². The van der Waals surface area contributed by atoms with Crippen LogP contribution in [0.15, 0.2) is 72.4 Å². The highest BCUT2D eigenvalue weighted by Crippen LogP contribution is 2.22. The molecule has 0 fully saturated rings. The van der Waals surface area contributed by atoms with Crippen LogP contribution in [-0.2, 0) is 18.3 Å². The van der Waals surface area contributed by atoms with E-state index in [9.17, 15) is 4.79 Å². The van der Waals surface area contributed by atoms with E-state index >= 15 is 0 Å². The number of aliphatic carboxylic acids is 1. The number of carboxylic acids is 1. The van der Waals surface area contributed by atoms with Crippen LogP contribution in [0.2, 0.25) is 0 Å². The topological polar surface area (TPSA) is 42.2 Å². The van der Waals surface area contributed by atoms with Gasteiger partial charge in [0.25, 0.3) is 0 Å². The van der Waals surface area contributed by atoms with E-state index in [0.717, 1.165) is 22.2 Å². The molecule has 3 heteroatoms. The van der Waals surface area contributed by atoms with Crippen molar-refractivity contribution in [3.63, 3.8) is 0 Å². The molecular weight excluding hydrogens is 418 g/mol. The molecule has 0 unspecified atom stereocenters. The van der Waals surface area contributed by atoms with Crippen LogP contribution in [-0.4, -0.2) is 15.6 Å². The maximum atomic E-state index is 10.7. The van der Waals surface area contributed by atoms with Crippen molar-refractivity contribution in [1.29, 1.82) is 0 Å². The van der Waals surface area contributed by atoms with Crippen molar-refractivity contribution >= 4 is 16.9 Å². The lowest BCUT2D eigenvalue weighted by Crippen LogP contribution is -2.00. The summed E-state index contributed by atoms with van der Waals surface area (Å²) in [6.45, 7) is 10.4. The van der Waals surface area contributed by atoms with Crippen LogP contribution >= 0.6 is 0 Å². The molecule has 0 spiro atoms. The van der Waals surface area contributed by atoms with Gasteiger partial charge in [0.05, 0.1) is 6.42 Å². The van der Waals surface area contributed by atoms with Crippen LogP contribution in [0.1, 0.15) is 71.1 Å². The number of nitrogens with zero attached hydrogens (tertiary/aromatic N) is 1. The van der Waals surface area contributed by atoms with Crippen LogP contribution in [0.4, 0.5) is 0 Å². The minimum Gasteiger partial charge on any atom is -0.481 e. The van der Waals surface area contributed by atoms with E-state index in [0.29, 0.717) is 0 Å². The average Bonchev–Trinajstić information content (AvgIpc) is 3.11. The van der Waals surface area contributed by atoms with Gasteiger partial charge in [0.1, 0.15) is 0 Å². The average molecular weight is 462 g/mol. The van der Waals surface area contributed by atoms with Crippen molar-refractivity contribution in [2.75, 3.05) is 0 Å². The zero-order valence-electron chi connectivity index (χ0n) is 22.0. The predicted octanol–water partition coefficient (Wildman–Crippen LogP) is 8.34. The highest BCUT2D eigenvalue weighted by molar-refractivity contribution is 5.87. The van der Waals surface area contributed by atoms with Crippen LogP contribution in [0.25, 0.3) is 10.9 Å². The van der Waals surface area contributed by atoms with Gasteiger partial charge in [0.2, 0.25) is 0 Å². The van der Waals surface area contributed by atoms with Crippen molar-refractivity contribution in [3.8, 4) is 12.3 Å². The number of rotatable bonds is 9. The SMILES string of the molecule is C#C/C=C\C=C/C.C/C=C(C)\C=C/CCCCCC.Cc1cc2c(CC(=O)O)cccc2n1C. The normalized spacial score (nSPS) is 11.4. The number of carboxylic acid groups (broad SMARTS) is 1. The van der Waals surface area contributed by atoms with E-state index in [-0.39, 0.29) is 6.42 Å². The molecule has 1 N–H and O–H groups in total. The smallest absolute Gasteiger partial charge is 0.307 e. The number of carbonyl (C=O) groups is 1. The lowest BCUT2D eigenvalue weighted by Gasteiger charge is -2.01. The highest BCUT2D eigenvalue weighted by atomic mass is 16.4. The first kappa shape index (κ1) is 30.8. The minimum absolute atomic E-state index is 0.0841. The molecule has 2 aromatic rings. The summed E-state index contributed by atoms with van der Waals surface area (Å²) in [5.41, 5.74) is 4.48. The van der Waals surface area contributed by atoms with Gasteiger partial charge in [0.15, 0.2) is 0 Å². The molecule has 184 valence electrons. The summed E-state index contributed by atoms with van der Waals surface area (Å²) < 4.78 is 2.07. The van der Waals surface area contributed by atoms with Gasteiger partial charge < -0.3 is 9.67 Å². The van der Waals surface area contributed by atoms with Crippen molar-refractivity contribution in [2.24, 2.45) is 7.05 Å². The van der Waals surface area contributed by atoms with Gasteiger partial charge in [-0.25, -0.2) is 0 Å². The molecule has 0 saturated carbocycles. The van der Waals surface area contributed by atoms with Gasteiger partial charge in [0, 0.05) is 23.6 Å². The number of aryl methyl sites for hydroxylation is 2. The van der Waals surface area contributed by atoms with Crippen molar-refractivity contribution in [3.05, 3.63) is 83.6 Å². The molecule has 0 bridgehead atoms. The van der Waals surface area contributed by atoms with E-state index in [1.807, 2.05) is 63.4 Å². The Kier molecular flexibility index (Phi) is 17.4. The second-order valence-electron chi connectivity index (χ2n) is 8.10. The minimum atomic E-state index is -0.788. The zero-order chi connectivity index (χ0) is 25.8. The molecule has 1 aromatic heterocycles. The van der Waals surface area contributed by atoms with E-state index in [1.54, 1.807) is 6.08 Å². The van der Waals surface area contributed by atoms with Crippen molar-refractivity contribution < 1.29 is 9.90 Å². The van der Waals surface area contributed by atoms with Crippen LogP contribution in [0, 0.1) is 19.3 Å². The fraction of sp³-hybridized carbons (Fsp3) is 0.387. The summed E-state index contributed by atoms with van der Waals surface area (Å²) in [5.74, 6) is 1.58. The number of unbranched alkanes of at least 4 members (excludes halogenated alkanes) is 4. The quantitative estimate of drug-likeness (QED) is 0.232.